The van der Waals surface area contributed by atoms with Crippen LogP contribution in [0.3, 0.4) is 0 Å². The van der Waals surface area contributed by atoms with Gasteiger partial charge in [-0.2, -0.15) is 0 Å². The van der Waals surface area contributed by atoms with E-state index in [4.69, 9.17) is 5.11 Å². The zero-order valence-electron chi connectivity index (χ0n) is 10.5. The summed E-state index contributed by atoms with van der Waals surface area (Å²) in [7, 11) is 0. The monoisotopic (exact) mass is 239 g/mol. The van der Waals surface area contributed by atoms with Crippen LogP contribution in [0.25, 0.3) is 0 Å². The Morgan fingerprint density at radius 3 is 2.82 bits per heavy atom. The van der Waals surface area contributed by atoms with Crippen molar-refractivity contribution in [3.63, 3.8) is 0 Å². The van der Waals surface area contributed by atoms with Crippen molar-refractivity contribution in [1.82, 2.24) is 9.97 Å². The highest BCUT2D eigenvalue weighted by Gasteiger charge is 2.04. The van der Waals surface area contributed by atoms with Gasteiger partial charge in [-0.3, -0.25) is 9.78 Å². The Labute approximate surface area is 101 Å². The van der Waals surface area contributed by atoms with Gasteiger partial charge in [-0.05, 0) is 25.2 Å². The zero-order valence-corrected chi connectivity index (χ0v) is 10.5. The van der Waals surface area contributed by atoms with E-state index in [1.165, 1.54) is 6.07 Å². The number of aromatic nitrogens is 2. The largest absolute Gasteiger partial charge is 0.396 e. The minimum absolute atomic E-state index is 0.124. The fraction of sp³-hybridized carbons (Fsp3) is 0.667. The van der Waals surface area contributed by atoms with E-state index in [0.29, 0.717) is 5.95 Å². The molecule has 0 atom stereocenters. The molecule has 0 amide bonds. The first kappa shape index (κ1) is 13.7. The maximum Gasteiger partial charge on any atom is 0.252 e. The number of rotatable bonds is 7. The van der Waals surface area contributed by atoms with E-state index < -0.39 is 0 Å². The second-order valence-electron chi connectivity index (χ2n) is 4.38. The van der Waals surface area contributed by atoms with Crippen LogP contribution in [0.5, 0.6) is 0 Å². The number of aliphatic hydroxyl groups excluding tert-OH is 1. The van der Waals surface area contributed by atoms with E-state index in [1.807, 2.05) is 13.8 Å². The van der Waals surface area contributed by atoms with Gasteiger partial charge in [0, 0.05) is 19.2 Å². The molecule has 0 fully saturated rings. The van der Waals surface area contributed by atoms with Crippen molar-refractivity contribution in [3.8, 4) is 0 Å². The highest BCUT2D eigenvalue weighted by Crippen LogP contribution is 2.10. The van der Waals surface area contributed by atoms with E-state index in [2.05, 4.69) is 15.3 Å². The molecule has 5 nitrogen and oxygen atoms in total. The molecule has 0 bridgehead atoms. The second-order valence-corrected chi connectivity index (χ2v) is 4.38. The first-order valence-electron chi connectivity index (χ1n) is 6.09. The Morgan fingerprint density at radius 1 is 1.41 bits per heavy atom. The number of aromatic amines is 1. The molecule has 0 saturated heterocycles. The Hall–Kier alpha value is -1.36. The number of nitrogens with zero attached hydrogens (tertiary/aromatic N) is 1. The molecule has 0 unspecified atom stereocenters. The van der Waals surface area contributed by atoms with Crippen LogP contribution < -0.4 is 10.9 Å². The summed E-state index contributed by atoms with van der Waals surface area (Å²) in [5.41, 5.74) is 0.674. The topological polar surface area (TPSA) is 78.0 Å². The van der Waals surface area contributed by atoms with E-state index in [9.17, 15) is 4.79 Å². The van der Waals surface area contributed by atoms with Gasteiger partial charge in [-0.25, -0.2) is 4.98 Å². The fourth-order valence-electron chi connectivity index (χ4n) is 1.48. The summed E-state index contributed by atoms with van der Waals surface area (Å²) in [4.78, 5) is 18.4. The van der Waals surface area contributed by atoms with E-state index >= 15 is 0 Å². The van der Waals surface area contributed by atoms with Crippen LogP contribution in [-0.4, -0.2) is 28.2 Å². The van der Waals surface area contributed by atoms with Crippen LogP contribution in [0.2, 0.25) is 0 Å². The van der Waals surface area contributed by atoms with Crippen LogP contribution in [-0.2, 0) is 0 Å². The zero-order chi connectivity index (χ0) is 12.7. The van der Waals surface area contributed by atoms with Crippen LogP contribution in [0, 0.1) is 0 Å². The molecule has 0 saturated carbocycles. The molecule has 3 N–H and O–H groups in total. The molecule has 1 aromatic heterocycles. The summed E-state index contributed by atoms with van der Waals surface area (Å²) >= 11 is 0. The lowest BCUT2D eigenvalue weighted by Crippen LogP contribution is -2.15. The van der Waals surface area contributed by atoms with Gasteiger partial charge in [0.15, 0.2) is 0 Å². The molecule has 0 spiro atoms. The van der Waals surface area contributed by atoms with Gasteiger partial charge < -0.3 is 10.4 Å². The molecule has 0 radical (unpaired) electrons. The molecule has 1 aromatic rings. The van der Waals surface area contributed by atoms with Gasteiger partial charge >= 0.3 is 0 Å². The summed E-state index contributed by atoms with van der Waals surface area (Å²) in [5, 5.41) is 11.7. The first-order valence-corrected chi connectivity index (χ1v) is 6.09. The SMILES string of the molecule is CC(C)c1cc(=O)[nH]c(NCCCCCO)n1. The van der Waals surface area contributed by atoms with Crippen LogP contribution in [0.1, 0.15) is 44.7 Å². The standard InChI is InChI=1S/C12H21N3O2/c1-9(2)10-8-11(17)15-12(14-10)13-6-4-3-5-7-16/h8-9,16H,3-7H2,1-2H3,(H2,13,14,15,17). The Kier molecular flexibility index (Phi) is 5.69. The molecule has 0 aliphatic rings. The van der Waals surface area contributed by atoms with Gasteiger partial charge in [0.2, 0.25) is 5.95 Å². The van der Waals surface area contributed by atoms with Crippen LogP contribution in [0.4, 0.5) is 5.95 Å². The summed E-state index contributed by atoms with van der Waals surface area (Å²) in [6, 6.07) is 1.53. The summed E-state index contributed by atoms with van der Waals surface area (Å²) in [5.74, 6) is 0.775. The third-order valence-electron chi connectivity index (χ3n) is 2.48. The number of aliphatic hydroxyl groups is 1. The Bertz CT molecular complexity index is 388. The number of H-pyrrole nitrogens is 1. The quantitative estimate of drug-likeness (QED) is 0.630. The van der Waals surface area contributed by atoms with Gasteiger partial charge in [0.25, 0.3) is 5.56 Å². The highest BCUT2D eigenvalue weighted by atomic mass is 16.2. The Balaban J connectivity index is 2.50. The van der Waals surface area contributed by atoms with Gasteiger partial charge in [0.1, 0.15) is 0 Å². The number of anilines is 1. The summed E-state index contributed by atoms with van der Waals surface area (Å²) < 4.78 is 0. The minimum atomic E-state index is -0.124. The molecule has 5 heteroatoms. The van der Waals surface area contributed by atoms with Gasteiger partial charge in [-0.15, -0.1) is 0 Å². The average Bonchev–Trinajstić information content (AvgIpc) is 2.28. The molecule has 96 valence electrons. The maximum atomic E-state index is 11.4. The lowest BCUT2D eigenvalue weighted by molar-refractivity contribution is 0.283. The molecule has 1 rings (SSSR count). The van der Waals surface area contributed by atoms with Crippen molar-refractivity contribution in [2.75, 3.05) is 18.5 Å². The van der Waals surface area contributed by atoms with E-state index in [0.717, 1.165) is 31.5 Å². The molecule has 0 aliphatic carbocycles. The molecule has 0 aromatic carbocycles. The lowest BCUT2D eigenvalue weighted by atomic mass is 10.1. The maximum absolute atomic E-state index is 11.4. The minimum Gasteiger partial charge on any atom is -0.396 e. The normalized spacial score (nSPS) is 10.8. The number of unbranched alkanes of at least 4 members (excludes halogenated alkanes) is 2. The molecule has 0 aliphatic heterocycles. The van der Waals surface area contributed by atoms with Crippen LogP contribution >= 0.6 is 0 Å². The second kappa shape index (κ2) is 7.06. The molecule has 1 heterocycles. The number of nitrogens with one attached hydrogen (secondary N) is 2. The predicted octanol–water partition coefficient (Wildman–Crippen LogP) is 1.47. The van der Waals surface area contributed by atoms with Crippen molar-refractivity contribution >= 4 is 5.95 Å². The van der Waals surface area contributed by atoms with E-state index in [-0.39, 0.29) is 18.1 Å². The van der Waals surface area contributed by atoms with Crippen molar-refractivity contribution in [3.05, 3.63) is 22.1 Å². The average molecular weight is 239 g/mol. The van der Waals surface area contributed by atoms with Crippen molar-refractivity contribution < 1.29 is 5.11 Å². The highest BCUT2D eigenvalue weighted by molar-refractivity contribution is 5.25. The van der Waals surface area contributed by atoms with Crippen molar-refractivity contribution in [2.45, 2.75) is 39.0 Å². The van der Waals surface area contributed by atoms with Crippen molar-refractivity contribution in [1.29, 1.82) is 0 Å². The predicted molar refractivity (Wildman–Crippen MR) is 68.4 cm³/mol. The molecule has 17 heavy (non-hydrogen) atoms. The van der Waals surface area contributed by atoms with Gasteiger partial charge in [-0.1, -0.05) is 13.8 Å². The lowest BCUT2D eigenvalue weighted by Gasteiger charge is -2.08. The molecular weight excluding hydrogens is 218 g/mol. The third-order valence-corrected chi connectivity index (χ3v) is 2.48. The molecular formula is C12H21N3O2. The Morgan fingerprint density at radius 2 is 2.18 bits per heavy atom. The summed E-state index contributed by atoms with van der Waals surface area (Å²) in [6.45, 7) is 5.00. The number of hydrogen-bond acceptors (Lipinski definition) is 4. The van der Waals surface area contributed by atoms with Crippen molar-refractivity contribution in [2.24, 2.45) is 0 Å². The third kappa shape index (κ3) is 4.99. The number of hydrogen-bond donors (Lipinski definition) is 3. The van der Waals surface area contributed by atoms with E-state index in [1.54, 1.807) is 0 Å². The smallest absolute Gasteiger partial charge is 0.252 e. The summed E-state index contributed by atoms with van der Waals surface area (Å²) in [6.07, 6.45) is 2.74. The first-order chi connectivity index (χ1) is 8.13. The van der Waals surface area contributed by atoms with Crippen LogP contribution in [0.15, 0.2) is 10.9 Å². The van der Waals surface area contributed by atoms with Gasteiger partial charge in [0.05, 0.1) is 5.69 Å². The fourth-order valence-corrected chi connectivity index (χ4v) is 1.48.